The van der Waals surface area contributed by atoms with E-state index in [4.69, 9.17) is 0 Å². The van der Waals surface area contributed by atoms with Crippen molar-refractivity contribution in [2.75, 3.05) is 0 Å². The average Bonchev–Trinajstić information content (AvgIpc) is 3.09. The maximum atomic E-state index is 12.7. The van der Waals surface area contributed by atoms with Crippen LogP contribution in [0.2, 0.25) is 0 Å². The number of nitrogens with one attached hydrogen (secondary N) is 1. The van der Waals surface area contributed by atoms with E-state index < -0.39 is 0 Å². The Hall–Kier alpha value is -2.95. The van der Waals surface area contributed by atoms with Gasteiger partial charge in [-0.1, -0.05) is 18.2 Å². The van der Waals surface area contributed by atoms with Gasteiger partial charge in [-0.2, -0.15) is 0 Å². The van der Waals surface area contributed by atoms with Crippen molar-refractivity contribution >= 4 is 27.6 Å². The molecule has 0 bridgehead atoms. The molecule has 0 aliphatic heterocycles. The van der Waals surface area contributed by atoms with Gasteiger partial charge in [-0.15, -0.1) is 0 Å². The molecule has 5 nitrogen and oxygen atoms in total. The molecule has 0 aliphatic carbocycles. The number of nitrogens with zero attached hydrogens (tertiary/aromatic N) is 3. The second kappa shape index (κ2) is 4.28. The summed E-state index contributed by atoms with van der Waals surface area (Å²) in [7, 11) is 1.80. The predicted molar refractivity (Wildman–Crippen MR) is 80.2 cm³/mol. The number of fused-ring (bicyclic) bond motifs is 3. The number of aromatic nitrogens is 4. The number of pyridine rings is 1. The first-order chi connectivity index (χ1) is 10.3. The first-order valence-corrected chi connectivity index (χ1v) is 6.62. The molecule has 0 saturated heterocycles. The van der Waals surface area contributed by atoms with Crippen LogP contribution in [0, 0.1) is 0 Å². The molecule has 0 amide bonds. The van der Waals surface area contributed by atoms with Crippen molar-refractivity contribution in [3.05, 3.63) is 60.4 Å². The molecule has 3 heterocycles. The smallest absolute Gasteiger partial charge is 0.231 e. The van der Waals surface area contributed by atoms with Crippen LogP contribution in [0.25, 0.3) is 21.8 Å². The zero-order chi connectivity index (χ0) is 14.4. The van der Waals surface area contributed by atoms with Crippen molar-refractivity contribution in [2.45, 2.75) is 0 Å². The lowest BCUT2D eigenvalue weighted by Crippen LogP contribution is -2.09. The van der Waals surface area contributed by atoms with Crippen LogP contribution in [0.3, 0.4) is 0 Å². The Morgan fingerprint density at radius 1 is 1.19 bits per heavy atom. The highest BCUT2D eigenvalue weighted by Gasteiger charge is 2.19. The second-order valence-electron chi connectivity index (χ2n) is 4.97. The third-order valence-electron chi connectivity index (χ3n) is 3.69. The van der Waals surface area contributed by atoms with Gasteiger partial charge in [0.25, 0.3) is 0 Å². The number of carbonyl (C=O) groups excluding carboxylic acids is 1. The summed E-state index contributed by atoms with van der Waals surface area (Å²) in [5, 5.41) is 2.10. The Morgan fingerprint density at radius 3 is 2.86 bits per heavy atom. The van der Waals surface area contributed by atoms with Crippen LogP contribution < -0.4 is 0 Å². The quantitative estimate of drug-likeness (QED) is 0.572. The summed E-state index contributed by atoms with van der Waals surface area (Å²) < 4.78 is 1.70. The molecule has 1 N–H and O–H groups in total. The summed E-state index contributed by atoms with van der Waals surface area (Å²) in [5.41, 5.74) is 2.71. The molecule has 102 valence electrons. The van der Waals surface area contributed by atoms with E-state index in [0.29, 0.717) is 11.4 Å². The van der Waals surface area contributed by atoms with Gasteiger partial charge in [0, 0.05) is 29.5 Å². The van der Waals surface area contributed by atoms with Crippen LogP contribution in [-0.2, 0) is 7.05 Å². The van der Waals surface area contributed by atoms with Crippen LogP contribution in [-0.4, -0.2) is 25.3 Å². The number of imidazole rings is 1. The van der Waals surface area contributed by atoms with E-state index in [1.165, 1.54) is 0 Å². The van der Waals surface area contributed by atoms with Crippen LogP contribution >= 0.6 is 0 Å². The highest BCUT2D eigenvalue weighted by molar-refractivity contribution is 6.18. The van der Waals surface area contributed by atoms with Crippen LogP contribution in [0.4, 0.5) is 0 Å². The van der Waals surface area contributed by atoms with Crippen molar-refractivity contribution in [3.63, 3.8) is 0 Å². The normalized spacial score (nSPS) is 11.3. The topological polar surface area (TPSA) is 63.6 Å². The van der Waals surface area contributed by atoms with Crippen molar-refractivity contribution in [2.24, 2.45) is 7.05 Å². The van der Waals surface area contributed by atoms with Gasteiger partial charge in [-0.05, 0) is 12.1 Å². The zero-order valence-electron chi connectivity index (χ0n) is 11.4. The monoisotopic (exact) mass is 276 g/mol. The third-order valence-corrected chi connectivity index (χ3v) is 3.69. The molecule has 3 aromatic heterocycles. The lowest BCUT2D eigenvalue weighted by atomic mass is 10.1. The number of carbonyl (C=O) groups is 1. The molecule has 0 unspecified atom stereocenters. The summed E-state index contributed by atoms with van der Waals surface area (Å²) in [5.74, 6) is -0.132. The Morgan fingerprint density at radius 2 is 2.05 bits per heavy atom. The Kier molecular flexibility index (Phi) is 2.41. The summed E-state index contributed by atoms with van der Waals surface area (Å²) in [6, 6.07) is 9.90. The molecule has 0 spiro atoms. The fourth-order valence-electron chi connectivity index (χ4n) is 2.64. The molecular formula is C16H12N4O. The van der Waals surface area contributed by atoms with Crippen LogP contribution in [0.5, 0.6) is 0 Å². The molecule has 0 atom stereocenters. The number of H-pyrrole nitrogens is 1. The molecule has 4 aromatic rings. The number of hydrogen-bond acceptors (Lipinski definition) is 3. The Labute approximate surface area is 120 Å². The van der Waals surface area contributed by atoms with E-state index >= 15 is 0 Å². The lowest BCUT2D eigenvalue weighted by molar-refractivity contribution is 0.102. The third kappa shape index (κ3) is 1.67. The van der Waals surface area contributed by atoms with Crippen molar-refractivity contribution in [1.29, 1.82) is 0 Å². The van der Waals surface area contributed by atoms with Crippen molar-refractivity contribution in [1.82, 2.24) is 19.5 Å². The van der Waals surface area contributed by atoms with E-state index in [0.717, 1.165) is 21.8 Å². The molecule has 1 aromatic carbocycles. The predicted octanol–water partition coefficient (Wildman–Crippen LogP) is 2.68. The Bertz CT molecular complexity index is 980. The van der Waals surface area contributed by atoms with Gasteiger partial charge >= 0.3 is 0 Å². The largest absolute Gasteiger partial charge is 0.353 e. The lowest BCUT2D eigenvalue weighted by Gasteiger charge is -2.02. The van der Waals surface area contributed by atoms with Crippen molar-refractivity contribution in [3.8, 4) is 0 Å². The molecule has 0 fully saturated rings. The molecule has 0 aliphatic rings. The maximum absolute atomic E-state index is 12.7. The highest BCUT2D eigenvalue weighted by Crippen LogP contribution is 2.27. The van der Waals surface area contributed by atoms with E-state index in [9.17, 15) is 4.79 Å². The van der Waals surface area contributed by atoms with Gasteiger partial charge in [0.15, 0.2) is 0 Å². The highest BCUT2D eigenvalue weighted by atomic mass is 16.1. The SMILES string of the molecule is Cn1cncc1C(=O)c1nccc2c1[nH]c1ccccc12. The van der Waals surface area contributed by atoms with Gasteiger partial charge < -0.3 is 9.55 Å². The molecular weight excluding hydrogens is 264 g/mol. The van der Waals surface area contributed by atoms with E-state index in [-0.39, 0.29) is 5.78 Å². The van der Waals surface area contributed by atoms with E-state index in [1.807, 2.05) is 30.3 Å². The van der Waals surface area contributed by atoms with Crippen LogP contribution in [0.1, 0.15) is 16.2 Å². The first-order valence-electron chi connectivity index (χ1n) is 6.62. The summed E-state index contributed by atoms with van der Waals surface area (Å²) in [4.78, 5) is 24.2. The fourth-order valence-corrected chi connectivity index (χ4v) is 2.64. The Balaban J connectivity index is 2.01. The number of aromatic amines is 1. The summed E-state index contributed by atoms with van der Waals surface area (Å²) in [6.07, 6.45) is 4.84. The van der Waals surface area contributed by atoms with Gasteiger partial charge in [0.2, 0.25) is 5.78 Å². The molecule has 0 radical (unpaired) electrons. The molecule has 4 rings (SSSR count). The van der Waals surface area contributed by atoms with E-state index in [2.05, 4.69) is 15.0 Å². The number of ketones is 1. The molecule has 5 heteroatoms. The number of rotatable bonds is 2. The molecule has 0 saturated carbocycles. The molecule has 21 heavy (non-hydrogen) atoms. The number of aryl methyl sites for hydroxylation is 1. The minimum Gasteiger partial charge on any atom is -0.353 e. The zero-order valence-corrected chi connectivity index (χ0v) is 11.4. The average molecular weight is 276 g/mol. The van der Waals surface area contributed by atoms with Crippen LogP contribution in [0.15, 0.2) is 49.1 Å². The standard InChI is InChI=1S/C16H12N4O/c1-20-9-17-8-13(20)16(21)15-14-11(6-7-18-15)10-4-2-3-5-12(10)19-14/h2-9,19H,1H3. The number of para-hydroxylation sites is 1. The second-order valence-corrected chi connectivity index (χ2v) is 4.97. The van der Waals surface area contributed by atoms with Gasteiger partial charge in [-0.3, -0.25) is 9.78 Å². The van der Waals surface area contributed by atoms with E-state index in [1.54, 1.807) is 30.3 Å². The number of benzene rings is 1. The fraction of sp³-hybridized carbons (Fsp3) is 0.0625. The summed E-state index contributed by atoms with van der Waals surface area (Å²) in [6.45, 7) is 0. The summed E-state index contributed by atoms with van der Waals surface area (Å²) >= 11 is 0. The van der Waals surface area contributed by atoms with Crippen molar-refractivity contribution < 1.29 is 4.79 Å². The van der Waals surface area contributed by atoms with Gasteiger partial charge in [0.05, 0.1) is 18.0 Å². The maximum Gasteiger partial charge on any atom is 0.231 e. The first kappa shape index (κ1) is 11.8. The van der Waals surface area contributed by atoms with Gasteiger partial charge in [0.1, 0.15) is 11.4 Å². The minimum atomic E-state index is -0.132. The minimum absolute atomic E-state index is 0.132. The van der Waals surface area contributed by atoms with Gasteiger partial charge in [-0.25, -0.2) is 4.98 Å². The number of hydrogen-bond donors (Lipinski definition) is 1.